The van der Waals surface area contributed by atoms with Crippen LogP contribution in [0.2, 0.25) is 0 Å². The third-order valence-corrected chi connectivity index (χ3v) is 3.38. The van der Waals surface area contributed by atoms with Crippen molar-refractivity contribution in [1.29, 1.82) is 0 Å². The molecule has 0 saturated carbocycles. The summed E-state index contributed by atoms with van der Waals surface area (Å²) < 4.78 is 5.17. The van der Waals surface area contributed by atoms with Crippen molar-refractivity contribution >= 4 is 5.97 Å². The number of azide groups is 1. The molecule has 1 atom stereocenters. The minimum atomic E-state index is -0.951. The number of nitrogens with zero attached hydrogens (tertiary/aromatic N) is 3. The average Bonchev–Trinajstić information content (AvgIpc) is 2.51. The molecule has 0 aliphatic carbocycles. The van der Waals surface area contributed by atoms with Crippen LogP contribution < -0.4 is 5.32 Å². The number of carbonyl (C=O) groups is 1. The quantitative estimate of drug-likeness (QED) is 0.262. The third kappa shape index (κ3) is 4.48. The summed E-state index contributed by atoms with van der Waals surface area (Å²) in [5, 5.41) is 6.60. The van der Waals surface area contributed by atoms with Gasteiger partial charge in [-0.3, -0.25) is 5.32 Å². The van der Waals surface area contributed by atoms with Crippen molar-refractivity contribution in [2.75, 3.05) is 19.7 Å². The van der Waals surface area contributed by atoms with Gasteiger partial charge < -0.3 is 4.74 Å². The van der Waals surface area contributed by atoms with Crippen molar-refractivity contribution in [1.82, 2.24) is 5.32 Å². The molecule has 0 saturated heterocycles. The van der Waals surface area contributed by atoms with Gasteiger partial charge in [-0.1, -0.05) is 36.3 Å². The first-order valence-electron chi connectivity index (χ1n) is 7.11. The van der Waals surface area contributed by atoms with Gasteiger partial charge >= 0.3 is 5.97 Å². The van der Waals surface area contributed by atoms with Gasteiger partial charge in [0.2, 0.25) is 0 Å². The van der Waals surface area contributed by atoms with Gasteiger partial charge in [-0.15, -0.1) is 0 Å². The lowest BCUT2D eigenvalue weighted by molar-refractivity contribution is -0.151. The molecule has 1 aromatic rings. The zero-order valence-corrected chi connectivity index (χ0v) is 12.8. The van der Waals surface area contributed by atoms with Crippen molar-refractivity contribution in [3.05, 3.63) is 45.8 Å². The van der Waals surface area contributed by atoms with Crippen LogP contribution in [0, 0.1) is 0 Å². The Hall–Kier alpha value is -2.04. The lowest BCUT2D eigenvalue weighted by atomic mass is 9.91. The molecule has 1 rings (SSSR count). The van der Waals surface area contributed by atoms with Gasteiger partial charge in [0.25, 0.3) is 0 Å². The van der Waals surface area contributed by atoms with Crippen LogP contribution in [0.3, 0.4) is 0 Å². The monoisotopic (exact) mass is 290 g/mol. The number of rotatable bonds is 8. The van der Waals surface area contributed by atoms with Crippen LogP contribution in [0.15, 0.2) is 29.4 Å². The zero-order chi connectivity index (χ0) is 15.7. The van der Waals surface area contributed by atoms with Crippen LogP contribution in [0.5, 0.6) is 0 Å². The summed E-state index contributed by atoms with van der Waals surface area (Å²) in [6.07, 6.45) is 0.945. The molecule has 0 aromatic heterocycles. The minimum absolute atomic E-state index is 0.276. The Labute approximate surface area is 125 Å². The van der Waals surface area contributed by atoms with Gasteiger partial charge in [0.15, 0.2) is 0 Å². The van der Waals surface area contributed by atoms with Crippen molar-refractivity contribution in [3.8, 4) is 0 Å². The lowest BCUT2D eigenvalue weighted by Gasteiger charge is -2.29. The molecule has 1 aromatic carbocycles. The maximum absolute atomic E-state index is 12.3. The Morgan fingerprint density at radius 2 is 2.05 bits per heavy atom. The Morgan fingerprint density at radius 3 is 2.57 bits per heavy atom. The van der Waals surface area contributed by atoms with Gasteiger partial charge in [0.05, 0.1) is 6.61 Å². The fourth-order valence-corrected chi connectivity index (χ4v) is 2.04. The van der Waals surface area contributed by atoms with Crippen LogP contribution in [0.1, 0.15) is 31.9 Å². The molecule has 6 nitrogen and oxygen atoms in total. The Balaban J connectivity index is 2.98. The Morgan fingerprint density at radius 1 is 1.38 bits per heavy atom. The number of aryl methyl sites for hydroxylation is 1. The highest BCUT2D eigenvalue weighted by Gasteiger charge is 2.36. The molecule has 0 aliphatic rings. The molecule has 1 N–H and O–H groups in total. The van der Waals surface area contributed by atoms with Crippen LogP contribution >= 0.6 is 0 Å². The topological polar surface area (TPSA) is 87.1 Å². The number of hydrogen-bond donors (Lipinski definition) is 1. The largest absolute Gasteiger partial charge is 0.464 e. The van der Waals surface area contributed by atoms with E-state index in [1.54, 1.807) is 13.8 Å². The molecule has 1 unspecified atom stereocenters. The van der Waals surface area contributed by atoms with E-state index in [0.717, 1.165) is 12.0 Å². The molecule has 0 heterocycles. The van der Waals surface area contributed by atoms with Gasteiger partial charge in [-0.05, 0) is 36.9 Å². The highest BCUT2D eigenvalue weighted by atomic mass is 16.5. The summed E-state index contributed by atoms with van der Waals surface area (Å²) in [6.45, 7) is 6.63. The number of benzene rings is 1. The molecule has 6 heteroatoms. The second-order valence-corrected chi connectivity index (χ2v) is 4.78. The summed E-state index contributed by atoms with van der Waals surface area (Å²) in [6, 6.07) is 7.86. The van der Waals surface area contributed by atoms with Crippen LogP contribution in [-0.2, 0) is 21.5 Å². The van der Waals surface area contributed by atoms with Crippen molar-refractivity contribution in [3.63, 3.8) is 0 Å². The number of carbonyl (C=O) groups excluding carboxylic acids is 1. The molecular weight excluding hydrogens is 268 g/mol. The van der Waals surface area contributed by atoms with Gasteiger partial charge in [-0.25, -0.2) is 4.79 Å². The lowest BCUT2D eigenvalue weighted by Crippen LogP contribution is -2.48. The van der Waals surface area contributed by atoms with E-state index in [0.29, 0.717) is 13.2 Å². The maximum atomic E-state index is 12.3. The fourth-order valence-electron chi connectivity index (χ4n) is 2.04. The first-order valence-corrected chi connectivity index (χ1v) is 7.11. The molecule has 0 amide bonds. The summed E-state index contributed by atoms with van der Waals surface area (Å²) in [4.78, 5) is 15.0. The molecule has 0 radical (unpaired) electrons. The fraction of sp³-hybridized carbons (Fsp3) is 0.533. The zero-order valence-electron chi connectivity index (χ0n) is 12.8. The van der Waals surface area contributed by atoms with E-state index in [9.17, 15) is 4.79 Å². The van der Waals surface area contributed by atoms with Gasteiger partial charge in [-0.2, -0.15) is 0 Å². The second kappa shape index (κ2) is 8.29. The van der Waals surface area contributed by atoms with E-state index < -0.39 is 5.54 Å². The predicted octanol–water partition coefficient (Wildman–Crippen LogP) is 2.93. The minimum Gasteiger partial charge on any atom is -0.464 e. The molecule has 0 spiro atoms. The summed E-state index contributed by atoms with van der Waals surface area (Å²) in [5.74, 6) is -0.338. The summed E-state index contributed by atoms with van der Waals surface area (Å²) in [5.41, 5.74) is 9.39. The highest BCUT2D eigenvalue weighted by Crippen LogP contribution is 2.23. The predicted molar refractivity (Wildman–Crippen MR) is 81.8 cm³/mol. The standard InChI is InChI=1S/C15H22N4O2/c1-4-12-6-8-13(9-7-12)15(3,14(20)21-5-2)17-10-11-18-19-16/h6-9,17H,4-5,10-11H2,1-3H3. The normalized spacial score (nSPS) is 13.1. The second-order valence-electron chi connectivity index (χ2n) is 4.78. The van der Waals surface area contributed by atoms with E-state index in [1.165, 1.54) is 5.56 Å². The maximum Gasteiger partial charge on any atom is 0.330 e. The Bertz CT molecular complexity index is 509. The SMILES string of the molecule is CCOC(=O)C(C)(NCCN=[N+]=[N-])c1ccc(CC)cc1. The van der Waals surface area contributed by atoms with E-state index in [1.807, 2.05) is 24.3 Å². The van der Waals surface area contributed by atoms with E-state index in [-0.39, 0.29) is 12.5 Å². The highest BCUT2D eigenvalue weighted by molar-refractivity contribution is 5.82. The van der Waals surface area contributed by atoms with Crippen molar-refractivity contribution in [2.24, 2.45) is 5.11 Å². The van der Waals surface area contributed by atoms with Gasteiger partial charge in [0.1, 0.15) is 5.54 Å². The van der Waals surface area contributed by atoms with Gasteiger partial charge in [0, 0.05) is 18.0 Å². The first-order chi connectivity index (χ1) is 10.1. The average molecular weight is 290 g/mol. The van der Waals surface area contributed by atoms with Crippen LogP contribution in [0.4, 0.5) is 0 Å². The van der Waals surface area contributed by atoms with Crippen LogP contribution in [-0.4, -0.2) is 25.7 Å². The van der Waals surface area contributed by atoms with Crippen LogP contribution in [0.25, 0.3) is 10.4 Å². The molecule has 0 bridgehead atoms. The summed E-state index contributed by atoms with van der Waals surface area (Å²) >= 11 is 0. The number of esters is 1. The number of nitrogens with one attached hydrogen (secondary N) is 1. The van der Waals surface area contributed by atoms with Crippen molar-refractivity contribution < 1.29 is 9.53 Å². The summed E-state index contributed by atoms with van der Waals surface area (Å²) in [7, 11) is 0. The smallest absolute Gasteiger partial charge is 0.330 e. The Kier molecular flexibility index (Phi) is 6.72. The molecule has 0 aliphatic heterocycles. The van der Waals surface area contributed by atoms with Crippen molar-refractivity contribution in [2.45, 2.75) is 32.7 Å². The first kappa shape index (κ1) is 17.0. The molecule has 21 heavy (non-hydrogen) atoms. The van der Waals surface area contributed by atoms with E-state index in [4.69, 9.17) is 10.3 Å². The van der Waals surface area contributed by atoms with E-state index >= 15 is 0 Å². The number of ether oxygens (including phenoxy) is 1. The number of hydrogen-bond acceptors (Lipinski definition) is 4. The molecule has 114 valence electrons. The van der Waals surface area contributed by atoms with E-state index in [2.05, 4.69) is 22.3 Å². The molecular formula is C15H22N4O2. The third-order valence-electron chi connectivity index (χ3n) is 3.38. The molecule has 0 fully saturated rings.